The molecule has 1 aromatic heterocycles. The average molecular weight is 305 g/mol. The lowest BCUT2D eigenvalue weighted by Gasteiger charge is -2.16. The number of hydrogen-bond acceptors (Lipinski definition) is 4. The van der Waals surface area contributed by atoms with Crippen LogP contribution in [0.2, 0.25) is 5.02 Å². The molecule has 5 nitrogen and oxygen atoms in total. The van der Waals surface area contributed by atoms with Crippen LogP contribution in [0.25, 0.3) is 5.69 Å². The number of aryl methyl sites for hydroxylation is 1. The quantitative estimate of drug-likeness (QED) is 0.876. The van der Waals surface area contributed by atoms with E-state index >= 15 is 0 Å². The molecule has 0 aliphatic carbocycles. The van der Waals surface area contributed by atoms with Crippen LogP contribution in [0.15, 0.2) is 23.3 Å². The van der Waals surface area contributed by atoms with Crippen LogP contribution >= 0.6 is 11.6 Å². The number of benzene rings is 1. The minimum absolute atomic E-state index is 0.0806. The highest BCUT2D eigenvalue weighted by Gasteiger charge is 2.35. The Bertz CT molecular complexity index is 727. The van der Waals surface area contributed by atoms with Crippen LogP contribution in [0.5, 0.6) is 0 Å². The molecule has 20 heavy (non-hydrogen) atoms. The molecular formula is C11H8ClF3N4O. The van der Waals surface area contributed by atoms with Crippen molar-refractivity contribution in [1.29, 1.82) is 0 Å². The van der Waals surface area contributed by atoms with Crippen molar-refractivity contribution in [2.45, 2.75) is 13.1 Å². The predicted molar refractivity (Wildman–Crippen MR) is 66.8 cm³/mol. The van der Waals surface area contributed by atoms with Crippen LogP contribution in [0.1, 0.15) is 11.1 Å². The number of aromatic nitrogens is 3. The molecule has 0 spiro atoms. The van der Waals surface area contributed by atoms with E-state index in [4.69, 9.17) is 17.3 Å². The van der Waals surface area contributed by atoms with Gasteiger partial charge in [-0.25, -0.2) is 14.3 Å². The highest BCUT2D eigenvalue weighted by molar-refractivity contribution is 6.30. The molecule has 0 aliphatic heterocycles. The molecule has 0 fully saturated rings. The molecule has 1 aromatic carbocycles. The summed E-state index contributed by atoms with van der Waals surface area (Å²) in [6, 6.07) is 2.06. The standard InChI is InChI=1S/C11H8ClF3N4O/c1-5-2-6(12)3-7(11(13,14)15)8(5)19-4-17-9(16)18-10(19)20/h2-4H,1H3,(H2,16,18,20). The molecule has 2 rings (SSSR count). The van der Waals surface area contributed by atoms with Crippen molar-refractivity contribution in [3.63, 3.8) is 0 Å². The number of halogens is 4. The van der Waals surface area contributed by atoms with E-state index in [1.54, 1.807) is 0 Å². The summed E-state index contributed by atoms with van der Waals surface area (Å²) in [5.41, 5.74) is 3.02. The van der Waals surface area contributed by atoms with Crippen LogP contribution < -0.4 is 11.4 Å². The summed E-state index contributed by atoms with van der Waals surface area (Å²) in [4.78, 5) is 18.5. The number of nitrogen functional groups attached to an aromatic ring is 1. The van der Waals surface area contributed by atoms with Gasteiger partial charge in [-0.15, -0.1) is 0 Å². The summed E-state index contributed by atoms with van der Waals surface area (Å²) in [7, 11) is 0. The smallest absolute Gasteiger partial charge is 0.368 e. The number of rotatable bonds is 1. The van der Waals surface area contributed by atoms with Crippen molar-refractivity contribution in [1.82, 2.24) is 14.5 Å². The van der Waals surface area contributed by atoms with Crippen molar-refractivity contribution in [2.75, 3.05) is 5.73 Å². The van der Waals surface area contributed by atoms with Gasteiger partial charge in [0.1, 0.15) is 6.33 Å². The van der Waals surface area contributed by atoms with Gasteiger partial charge in [-0.2, -0.15) is 18.2 Å². The number of anilines is 1. The maximum atomic E-state index is 13.1. The summed E-state index contributed by atoms with van der Waals surface area (Å²) < 4.78 is 39.9. The van der Waals surface area contributed by atoms with E-state index in [0.717, 1.165) is 12.4 Å². The third-order valence-corrected chi connectivity index (χ3v) is 2.75. The first-order valence-electron chi connectivity index (χ1n) is 5.29. The fraction of sp³-hybridized carbons (Fsp3) is 0.182. The van der Waals surface area contributed by atoms with Gasteiger partial charge < -0.3 is 5.73 Å². The van der Waals surface area contributed by atoms with Gasteiger partial charge in [0.15, 0.2) is 0 Å². The molecule has 0 amide bonds. The van der Waals surface area contributed by atoms with E-state index in [2.05, 4.69) is 9.97 Å². The molecule has 9 heteroatoms. The lowest BCUT2D eigenvalue weighted by molar-refractivity contribution is -0.137. The van der Waals surface area contributed by atoms with Crippen molar-refractivity contribution in [3.05, 3.63) is 45.1 Å². The molecule has 2 N–H and O–H groups in total. The summed E-state index contributed by atoms with van der Waals surface area (Å²) in [5, 5.41) is -0.0806. The monoisotopic (exact) mass is 304 g/mol. The van der Waals surface area contributed by atoms with E-state index in [-0.39, 0.29) is 22.2 Å². The summed E-state index contributed by atoms with van der Waals surface area (Å²) in [6.45, 7) is 1.40. The van der Waals surface area contributed by atoms with Gasteiger partial charge in [-0.1, -0.05) is 11.6 Å². The van der Waals surface area contributed by atoms with E-state index in [1.807, 2.05) is 0 Å². The largest absolute Gasteiger partial charge is 0.418 e. The molecule has 0 atom stereocenters. The van der Waals surface area contributed by atoms with E-state index in [9.17, 15) is 18.0 Å². The molecular weight excluding hydrogens is 297 g/mol. The van der Waals surface area contributed by atoms with Gasteiger partial charge in [0, 0.05) is 5.02 Å². The maximum absolute atomic E-state index is 13.1. The van der Waals surface area contributed by atoms with Gasteiger partial charge in [-0.05, 0) is 24.6 Å². The Labute approximate surface area is 115 Å². The number of alkyl halides is 3. The molecule has 0 radical (unpaired) electrons. The van der Waals surface area contributed by atoms with Crippen molar-refractivity contribution < 1.29 is 13.2 Å². The van der Waals surface area contributed by atoms with Gasteiger partial charge >= 0.3 is 11.9 Å². The first-order chi connectivity index (χ1) is 9.20. The van der Waals surface area contributed by atoms with Crippen LogP contribution in [-0.2, 0) is 6.18 Å². The van der Waals surface area contributed by atoms with Gasteiger partial charge in [0.25, 0.3) is 0 Å². The summed E-state index contributed by atoms with van der Waals surface area (Å²) >= 11 is 5.64. The summed E-state index contributed by atoms with van der Waals surface area (Å²) in [6.07, 6.45) is -3.78. The molecule has 0 saturated carbocycles. The predicted octanol–water partition coefficient (Wildman–Crippen LogP) is 2.19. The Morgan fingerprint density at radius 2 is 2.00 bits per heavy atom. The maximum Gasteiger partial charge on any atom is 0.418 e. The Morgan fingerprint density at radius 1 is 1.35 bits per heavy atom. The van der Waals surface area contributed by atoms with Crippen LogP contribution in [0.4, 0.5) is 19.1 Å². The van der Waals surface area contributed by atoms with E-state index in [1.165, 1.54) is 13.0 Å². The van der Waals surface area contributed by atoms with Gasteiger partial charge in [-0.3, -0.25) is 0 Å². The zero-order valence-corrected chi connectivity index (χ0v) is 10.8. The second kappa shape index (κ2) is 4.78. The Hall–Kier alpha value is -2.09. The molecule has 0 saturated heterocycles. The van der Waals surface area contributed by atoms with E-state index < -0.39 is 17.4 Å². The first-order valence-corrected chi connectivity index (χ1v) is 5.67. The van der Waals surface area contributed by atoms with Crippen LogP contribution in [-0.4, -0.2) is 14.5 Å². The lowest BCUT2D eigenvalue weighted by Crippen LogP contribution is -2.26. The zero-order valence-electron chi connectivity index (χ0n) is 10.1. The molecule has 1 heterocycles. The van der Waals surface area contributed by atoms with Gasteiger partial charge in [0.2, 0.25) is 5.95 Å². The third-order valence-electron chi connectivity index (χ3n) is 2.53. The lowest BCUT2D eigenvalue weighted by atomic mass is 10.1. The van der Waals surface area contributed by atoms with Crippen molar-refractivity contribution in [3.8, 4) is 5.69 Å². The zero-order chi connectivity index (χ0) is 15.1. The number of nitrogens with two attached hydrogens (primary N) is 1. The second-order valence-corrected chi connectivity index (χ2v) is 4.42. The Morgan fingerprint density at radius 3 is 2.55 bits per heavy atom. The highest BCUT2D eigenvalue weighted by Crippen LogP contribution is 2.36. The molecule has 0 aliphatic rings. The topological polar surface area (TPSA) is 73.8 Å². The van der Waals surface area contributed by atoms with Gasteiger partial charge in [0.05, 0.1) is 11.3 Å². The molecule has 0 unspecified atom stereocenters. The third kappa shape index (κ3) is 2.60. The molecule has 0 bridgehead atoms. The minimum Gasteiger partial charge on any atom is -0.368 e. The highest BCUT2D eigenvalue weighted by atomic mass is 35.5. The second-order valence-electron chi connectivity index (χ2n) is 3.98. The summed E-state index contributed by atoms with van der Waals surface area (Å²) in [5.74, 6) is -0.313. The van der Waals surface area contributed by atoms with Crippen LogP contribution in [0, 0.1) is 6.92 Å². The van der Waals surface area contributed by atoms with Crippen molar-refractivity contribution in [2.24, 2.45) is 0 Å². The fourth-order valence-corrected chi connectivity index (χ4v) is 2.04. The minimum atomic E-state index is -4.67. The molecule has 2 aromatic rings. The Balaban J connectivity index is 2.83. The Kier molecular flexibility index (Phi) is 3.43. The normalized spacial score (nSPS) is 11.7. The first kappa shape index (κ1) is 14.3. The SMILES string of the molecule is Cc1cc(Cl)cc(C(F)(F)F)c1-n1cnc(N)nc1=O. The van der Waals surface area contributed by atoms with Crippen LogP contribution in [0.3, 0.4) is 0 Å². The fourth-order valence-electron chi connectivity index (χ4n) is 1.77. The average Bonchev–Trinajstić information content (AvgIpc) is 2.28. The van der Waals surface area contributed by atoms with E-state index in [0.29, 0.717) is 4.57 Å². The number of nitrogens with zero attached hydrogens (tertiary/aromatic N) is 3. The molecule has 106 valence electrons. The number of hydrogen-bond donors (Lipinski definition) is 1. The van der Waals surface area contributed by atoms with Crippen molar-refractivity contribution >= 4 is 17.5 Å².